The number of ether oxygens (including phenoxy) is 1. The summed E-state index contributed by atoms with van der Waals surface area (Å²) in [6.07, 6.45) is 21.1. The van der Waals surface area contributed by atoms with E-state index in [2.05, 4.69) is 56.6 Å². The quantitative estimate of drug-likeness (QED) is 0.0540. The molecule has 7 heteroatoms. The zero-order valence-electron chi connectivity index (χ0n) is 31.2. The molecule has 0 aliphatic heterocycles. The lowest BCUT2D eigenvalue weighted by molar-refractivity contribution is -0.153. The van der Waals surface area contributed by atoms with Gasteiger partial charge in [-0.05, 0) is 156 Å². The van der Waals surface area contributed by atoms with E-state index >= 15 is 0 Å². The van der Waals surface area contributed by atoms with E-state index in [0.717, 1.165) is 107 Å². The van der Waals surface area contributed by atoms with Crippen LogP contribution in [0, 0.1) is 46.3 Å². The maximum Gasteiger partial charge on any atom is 0.324 e. The average Bonchev–Trinajstić information content (AvgIpc) is 3.40. The Labute approximate surface area is 289 Å². The SMILES string of the molecule is CC(C)CCC[C@@H](C)[C@H]1CC[C@H]2[C@@H]3CC=C4C[C@@H](OC(=O)C(N)CNCCCNCCCCNCCCN)CC[C@]4(C)[C@H]3CC[C@]12C. The molecule has 4 aliphatic carbocycles. The maximum atomic E-state index is 12.9. The van der Waals surface area contributed by atoms with Crippen LogP contribution in [0.5, 0.6) is 0 Å². The number of unbranched alkanes of at least 4 members (excludes halogenated alkanes) is 1. The Hall–Kier alpha value is -0.990. The van der Waals surface area contributed by atoms with Crippen LogP contribution >= 0.6 is 0 Å². The zero-order valence-corrected chi connectivity index (χ0v) is 31.2. The van der Waals surface area contributed by atoms with Crippen LogP contribution in [0.4, 0.5) is 0 Å². The van der Waals surface area contributed by atoms with Crippen LogP contribution in [-0.4, -0.2) is 63.9 Å². The number of esters is 1. The van der Waals surface area contributed by atoms with Crippen molar-refractivity contribution in [1.29, 1.82) is 0 Å². The van der Waals surface area contributed by atoms with Crippen LogP contribution in [-0.2, 0) is 9.53 Å². The van der Waals surface area contributed by atoms with E-state index in [9.17, 15) is 4.79 Å². The molecule has 0 bridgehead atoms. The van der Waals surface area contributed by atoms with Crippen molar-refractivity contribution in [3.8, 4) is 0 Å². The molecule has 4 rings (SSSR count). The average molecular weight is 658 g/mol. The molecule has 3 saturated carbocycles. The molecular formula is C40H75N5O2. The molecule has 7 nitrogen and oxygen atoms in total. The molecule has 0 spiro atoms. The smallest absolute Gasteiger partial charge is 0.324 e. The van der Waals surface area contributed by atoms with Crippen LogP contribution in [0.15, 0.2) is 11.6 Å². The third-order valence-corrected chi connectivity index (χ3v) is 13.4. The molecule has 0 amide bonds. The molecule has 0 heterocycles. The predicted octanol–water partition coefficient (Wildman–Crippen LogP) is 6.55. The third kappa shape index (κ3) is 10.3. The van der Waals surface area contributed by atoms with E-state index in [1.807, 2.05) is 0 Å². The van der Waals surface area contributed by atoms with Crippen molar-refractivity contribution in [1.82, 2.24) is 16.0 Å². The number of carbonyl (C=O) groups is 1. The van der Waals surface area contributed by atoms with Crippen LogP contribution in [0.2, 0.25) is 0 Å². The van der Waals surface area contributed by atoms with E-state index in [1.165, 1.54) is 64.2 Å². The minimum Gasteiger partial charge on any atom is -0.461 e. The molecule has 0 aromatic carbocycles. The summed E-state index contributed by atoms with van der Waals surface area (Å²) < 4.78 is 6.05. The lowest BCUT2D eigenvalue weighted by atomic mass is 9.47. The fourth-order valence-electron chi connectivity index (χ4n) is 10.7. The monoisotopic (exact) mass is 658 g/mol. The first-order chi connectivity index (χ1) is 22.6. The van der Waals surface area contributed by atoms with Crippen LogP contribution in [0.25, 0.3) is 0 Å². The molecule has 272 valence electrons. The van der Waals surface area contributed by atoms with E-state index in [4.69, 9.17) is 16.2 Å². The number of nitrogens with two attached hydrogens (primary N) is 2. The highest BCUT2D eigenvalue weighted by atomic mass is 16.5. The molecule has 0 radical (unpaired) electrons. The van der Waals surface area contributed by atoms with Crippen molar-refractivity contribution in [2.45, 2.75) is 143 Å². The standard InChI is InChI=1S/C40H75N5O2/c1-29(2)11-8-12-30(3)34-15-16-35-33-14-13-31-27-32(17-19-39(31,4)36(33)18-20-40(34,35)5)47-38(46)37(42)28-45-26-10-25-44-23-7-6-22-43-24-9-21-41/h13,29-30,32-37,43-45H,6-12,14-28,41-42H2,1-5H3/t30-,32+,33+,34-,35+,36+,37?,39+,40-/m1/s1. The summed E-state index contributed by atoms with van der Waals surface area (Å²) in [6, 6.07) is -0.605. The van der Waals surface area contributed by atoms with Crippen molar-refractivity contribution in [3.63, 3.8) is 0 Å². The highest BCUT2D eigenvalue weighted by molar-refractivity contribution is 5.76. The normalized spacial score (nSPS) is 33.1. The van der Waals surface area contributed by atoms with Gasteiger partial charge < -0.3 is 32.2 Å². The Morgan fingerprint density at radius 1 is 0.872 bits per heavy atom. The topological polar surface area (TPSA) is 114 Å². The molecule has 4 aliphatic rings. The van der Waals surface area contributed by atoms with E-state index < -0.39 is 6.04 Å². The van der Waals surface area contributed by atoms with Gasteiger partial charge in [0.2, 0.25) is 0 Å². The number of allylic oxidation sites excluding steroid dienone is 1. The van der Waals surface area contributed by atoms with Gasteiger partial charge in [0, 0.05) is 13.0 Å². The Bertz CT molecular complexity index is 972. The molecule has 9 atom stereocenters. The second-order valence-corrected chi connectivity index (χ2v) is 17.1. The predicted molar refractivity (Wildman–Crippen MR) is 197 cm³/mol. The lowest BCUT2D eigenvalue weighted by Gasteiger charge is -2.58. The van der Waals surface area contributed by atoms with Gasteiger partial charge in [0.25, 0.3) is 0 Å². The second-order valence-electron chi connectivity index (χ2n) is 17.1. The Kier molecular flexibility index (Phi) is 15.6. The van der Waals surface area contributed by atoms with Gasteiger partial charge in [-0.2, -0.15) is 0 Å². The lowest BCUT2D eigenvalue weighted by Crippen LogP contribution is -2.51. The van der Waals surface area contributed by atoms with Crippen LogP contribution in [0.3, 0.4) is 0 Å². The molecule has 47 heavy (non-hydrogen) atoms. The molecule has 3 fully saturated rings. The van der Waals surface area contributed by atoms with Crippen LogP contribution in [0.1, 0.15) is 131 Å². The summed E-state index contributed by atoms with van der Waals surface area (Å²) in [6.45, 7) is 18.7. The highest BCUT2D eigenvalue weighted by Crippen LogP contribution is 2.67. The minimum atomic E-state index is -0.605. The summed E-state index contributed by atoms with van der Waals surface area (Å²) in [5, 5.41) is 10.3. The van der Waals surface area contributed by atoms with Crippen molar-refractivity contribution in [3.05, 3.63) is 11.6 Å². The maximum absolute atomic E-state index is 12.9. The van der Waals surface area contributed by atoms with E-state index in [0.29, 0.717) is 12.0 Å². The third-order valence-electron chi connectivity index (χ3n) is 13.4. The largest absolute Gasteiger partial charge is 0.461 e. The number of fused-ring (bicyclic) bond motifs is 5. The first-order valence-electron chi connectivity index (χ1n) is 20.1. The van der Waals surface area contributed by atoms with Crippen molar-refractivity contribution >= 4 is 5.97 Å². The number of hydrogen-bond donors (Lipinski definition) is 5. The van der Waals surface area contributed by atoms with E-state index in [-0.39, 0.29) is 17.5 Å². The first-order valence-corrected chi connectivity index (χ1v) is 20.1. The fraction of sp³-hybridized carbons (Fsp3) is 0.925. The van der Waals surface area contributed by atoms with Gasteiger partial charge in [-0.25, -0.2) is 0 Å². The summed E-state index contributed by atoms with van der Waals surface area (Å²) in [7, 11) is 0. The van der Waals surface area contributed by atoms with Gasteiger partial charge >= 0.3 is 5.97 Å². The molecule has 0 saturated heterocycles. The first kappa shape index (κ1) is 38.8. The number of nitrogens with one attached hydrogen (secondary N) is 3. The minimum absolute atomic E-state index is 0.0270. The van der Waals surface area contributed by atoms with Gasteiger partial charge in [0.1, 0.15) is 12.1 Å². The molecule has 1 unspecified atom stereocenters. The molecule has 0 aromatic heterocycles. The van der Waals surface area contributed by atoms with Crippen molar-refractivity contribution in [2.24, 2.45) is 57.8 Å². The summed E-state index contributed by atoms with van der Waals surface area (Å²) in [5.74, 6) is 4.84. The summed E-state index contributed by atoms with van der Waals surface area (Å²) in [5.41, 5.74) is 14.2. The number of hydrogen-bond acceptors (Lipinski definition) is 7. The zero-order chi connectivity index (χ0) is 33.9. The van der Waals surface area contributed by atoms with Gasteiger partial charge in [-0.15, -0.1) is 0 Å². The second kappa shape index (κ2) is 18.8. The number of rotatable bonds is 21. The highest BCUT2D eigenvalue weighted by Gasteiger charge is 2.59. The van der Waals surface area contributed by atoms with Gasteiger partial charge in [-0.1, -0.05) is 65.5 Å². The van der Waals surface area contributed by atoms with E-state index in [1.54, 1.807) is 5.57 Å². The van der Waals surface area contributed by atoms with Crippen molar-refractivity contribution in [2.75, 3.05) is 45.8 Å². The van der Waals surface area contributed by atoms with Gasteiger partial charge in [0.05, 0.1) is 0 Å². The van der Waals surface area contributed by atoms with Crippen LogP contribution < -0.4 is 27.4 Å². The molecular weight excluding hydrogens is 582 g/mol. The Morgan fingerprint density at radius 2 is 1.57 bits per heavy atom. The molecule has 0 aromatic rings. The van der Waals surface area contributed by atoms with Gasteiger partial charge in [-0.3, -0.25) is 4.79 Å². The Morgan fingerprint density at radius 3 is 2.30 bits per heavy atom. The number of carbonyl (C=O) groups excluding carboxylic acids is 1. The summed E-state index contributed by atoms with van der Waals surface area (Å²) in [4.78, 5) is 12.9. The summed E-state index contributed by atoms with van der Waals surface area (Å²) >= 11 is 0. The van der Waals surface area contributed by atoms with Gasteiger partial charge in [0.15, 0.2) is 0 Å². The fourth-order valence-corrected chi connectivity index (χ4v) is 10.7. The Balaban J connectivity index is 1.15. The molecule has 7 N–H and O–H groups in total. The van der Waals surface area contributed by atoms with Crippen molar-refractivity contribution < 1.29 is 9.53 Å².